The monoisotopic (exact) mass is 294 g/mol. The first-order valence-corrected chi connectivity index (χ1v) is 7.38. The minimum absolute atomic E-state index is 0.444. The number of anilines is 2. The van der Waals surface area contributed by atoms with Crippen molar-refractivity contribution in [2.24, 2.45) is 0 Å². The number of hydrogen-bond acceptors (Lipinski definition) is 4. The first kappa shape index (κ1) is 15.7. The number of halogens is 1. The third kappa shape index (κ3) is 3.69. The van der Waals surface area contributed by atoms with E-state index in [9.17, 15) is 9.18 Å². The highest BCUT2D eigenvalue weighted by Crippen LogP contribution is 2.22. The van der Waals surface area contributed by atoms with Crippen LogP contribution in [-0.4, -0.2) is 61.7 Å². The van der Waals surface area contributed by atoms with E-state index >= 15 is 0 Å². The molecule has 0 radical (unpaired) electrons. The van der Waals surface area contributed by atoms with Gasteiger partial charge in [-0.1, -0.05) is 0 Å². The van der Waals surface area contributed by atoms with Crippen molar-refractivity contribution in [2.45, 2.75) is 20.0 Å². The summed E-state index contributed by atoms with van der Waals surface area (Å²) in [6.07, 6.45) is 0.187. The summed E-state index contributed by atoms with van der Waals surface area (Å²) < 4.78 is 13.3. The van der Waals surface area contributed by atoms with E-state index in [2.05, 4.69) is 21.8 Å². The molecule has 1 saturated heterocycles. The van der Waals surface area contributed by atoms with Gasteiger partial charge >= 0.3 is 0 Å². The van der Waals surface area contributed by atoms with Gasteiger partial charge in [0.05, 0.1) is 0 Å². The highest BCUT2D eigenvalue weighted by molar-refractivity contribution is 5.96. The smallest absolute Gasteiger partial charge is 0.261 e. The van der Waals surface area contributed by atoms with Crippen LogP contribution in [0.3, 0.4) is 0 Å². The standard InChI is InChI=1S/C15H23FN4O/c1-4-20(15(21)12(2)16)13-5-6-17-14(11-13)19-9-7-18(3)8-10-19/h5-6,11-12H,4,7-10H2,1-3H3. The Morgan fingerprint density at radius 1 is 1.43 bits per heavy atom. The molecule has 1 atom stereocenters. The average Bonchev–Trinajstić information content (AvgIpc) is 2.49. The number of rotatable bonds is 4. The van der Waals surface area contributed by atoms with Gasteiger partial charge in [0.1, 0.15) is 5.82 Å². The highest BCUT2D eigenvalue weighted by atomic mass is 19.1. The summed E-state index contributed by atoms with van der Waals surface area (Å²) in [4.78, 5) is 22.2. The fourth-order valence-electron chi connectivity index (χ4n) is 2.46. The number of piperazine rings is 1. The van der Waals surface area contributed by atoms with Crippen molar-refractivity contribution < 1.29 is 9.18 Å². The molecule has 2 heterocycles. The number of carbonyl (C=O) groups excluding carboxylic acids is 1. The molecule has 21 heavy (non-hydrogen) atoms. The third-order valence-corrected chi connectivity index (χ3v) is 3.79. The lowest BCUT2D eigenvalue weighted by Gasteiger charge is -2.33. The third-order valence-electron chi connectivity index (χ3n) is 3.79. The average molecular weight is 294 g/mol. The van der Waals surface area contributed by atoms with E-state index in [0.29, 0.717) is 12.2 Å². The van der Waals surface area contributed by atoms with Crippen LogP contribution >= 0.6 is 0 Å². The molecule has 1 aliphatic heterocycles. The molecule has 6 heteroatoms. The number of amides is 1. The molecule has 0 N–H and O–H groups in total. The van der Waals surface area contributed by atoms with Gasteiger partial charge in [-0.05, 0) is 27.0 Å². The Morgan fingerprint density at radius 3 is 2.67 bits per heavy atom. The predicted molar refractivity (Wildman–Crippen MR) is 82.5 cm³/mol. The number of likely N-dealkylation sites (N-methyl/N-ethyl adjacent to an activating group) is 1. The molecule has 2 rings (SSSR count). The normalized spacial score (nSPS) is 17.6. The van der Waals surface area contributed by atoms with E-state index in [-0.39, 0.29) is 0 Å². The first-order valence-electron chi connectivity index (χ1n) is 7.38. The van der Waals surface area contributed by atoms with Gasteiger partial charge in [-0.25, -0.2) is 9.37 Å². The minimum Gasteiger partial charge on any atom is -0.354 e. The van der Waals surface area contributed by atoms with Gasteiger partial charge in [0.25, 0.3) is 5.91 Å². The Morgan fingerprint density at radius 2 is 2.10 bits per heavy atom. The van der Waals surface area contributed by atoms with Gasteiger partial charge in [-0.3, -0.25) is 4.79 Å². The lowest BCUT2D eigenvalue weighted by Crippen LogP contribution is -2.45. The van der Waals surface area contributed by atoms with Crippen molar-refractivity contribution in [1.29, 1.82) is 0 Å². The van der Waals surface area contributed by atoms with E-state index < -0.39 is 12.1 Å². The first-order chi connectivity index (χ1) is 10.0. The molecular formula is C15H23FN4O. The van der Waals surface area contributed by atoms with Crippen molar-refractivity contribution in [3.8, 4) is 0 Å². The number of hydrogen-bond donors (Lipinski definition) is 0. The molecule has 1 aromatic rings. The van der Waals surface area contributed by atoms with Gasteiger partial charge in [-0.2, -0.15) is 0 Å². The van der Waals surface area contributed by atoms with Crippen molar-refractivity contribution in [1.82, 2.24) is 9.88 Å². The molecule has 0 saturated carbocycles. The Kier molecular flexibility index (Phi) is 5.12. The largest absolute Gasteiger partial charge is 0.354 e. The molecule has 1 amide bonds. The number of alkyl halides is 1. The van der Waals surface area contributed by atoms with Crippen LogP contribution in [0.5, 0.6) is 0 Å². The van der Waals surface area contributed by atoms with Crippen LogP contribution in [0.15, 0.2) is 18.3 Å². The summed E-state index contributed by atoms with van der Waals surface area (Å²) in [5.41, 5.74) is 0.705. The maximum atomic E-state index is 13.3. The van der Waals surface area contributed by atoms with Crippen molar-refractivity contribution in [2.75, 3.05) is 49.6 Å². The molecule has 1 unspecified atom stereocenters. The molecule has 0 bridgehead atoms. The molecule has 1 aliphatic rings. The van der Waals surface area contributed by atoms with E-state index in [0.717, 1.165) is 32.0 Å². The van der Waals surface area contributed by atoms with E-state index in [1.54, 1.807) is 12.3 Å². The van der Waals surface area contributed by atoms with E-state index in [1.165, 1.54) is 11.8 Å². The molecule has 0 aliphatic carbocycles. The fraction of sp³-hybridized carbons (Fsp3) is 0.600. The van der Waals surface area contributed by atoms with Crippen molar-refractivity contribution >= 4 is 17.4 Å². The number of carbonyl (C=O) groups is 1. The fourth-order valence-corrected chi connectivity index (χ4v) is 2.46. The molecule has 5 nitrogen and oxygen atoms in total. The van der Waals surface area contributed by atoms with Crippen molar-refractivity contribution in [3.05, 3.63) is 18.3 Å². The zero-order valence-electron chi connectivity index (χ0n) is 12.9. The summed E-state index contributed by atoms with van der Waals surface area (Å²) in [6.45, 7) is 7.36. The summed E-state index contributed by atoms with van der Waals surface area (Å²) in [6, 6.07) is 3.62. The number of aromatic nitrogens is 1. The lowest BCUT2D eigenvalue weighted by atomic mass is 10.2. The molecule has 0 aromatic carbocycles. The van der Waals surface area contributed by atoms with Gasteiger partial charge < -0.3 is 14.7 Å². The zero-order chi connectivity index (χ0) is 15.4. The second-order valence-corrected chi connectivity index (χ2v) is 5.36. The quantitative estimate of drug-likeness (QED) is 0.844. The molecular weight excluding hydrogens is 271 g/mol. The van der Waals surface area contributed by atoms with Crippen LogP contribution in [0.4, 0.5) is 15.9 Å². The maximum Gasteiger partial charge on any atom is 0.261 e. The Hall–Kier alpha value is -1.69. The van der Waals surface area contributed by atoms with Crippen LogP contribution < -0.4 is 9.80 Å². The van der Waals surface area contributed by atoms with Gasteiger partial charge in [0.15, 0.2) is 6.17 Å². The van der Waals surface area contributed by atoms with Crippen LogP contribution in [0.25, 0.3) is 0 Å². The van der Waals surface area contributed by atoms with Gasteiger partial charge in [0, 0.05) is 50.7 Å². The number of nitrogens with zero attached hydrogens (tertiary/aromatic N) is 4. The van der Waals surface area contributed by atoms with Crippen LogP contribution in [-0.2, 0) is 4.79 Å². The zero-order valence-corrected chi connectivity index (χ0v) is 12.9. The molecule has 116 valence electrons. The van der Waals surface area contributed by atoms with Crippen LogP contribution in [0.2, 0.25) is 0 Å². The topological polar surface area (TPSA) is 39.7 Å². The van der Waals surface area contributed by atoms with E-state index in [1.807, 2.05) is 13.0 Å². The summed E-state index contributed by atoms with van der Waals surface area (Å²) >= 11 is 0. The molecule has 0 spiro atoms. The van der Waals surface area contributed by atoms with Gasteiger partial charge in [0.2, 0.25) is 0 Å². The van der Waals surface area contributed by atoms with E-state index in [4.69, 9.17) is 0 Å². The predicted octanol–water partition coefficient (Wildman–Crippen LogP) is 1.54. The molecule has 1 aromatic heterocycles. The lowest BCUT2D eigenvalue weighted by molar-refractivity contribution is -0.122. The summed E-state index contributed by atoms with van der Waals surface area (Å²) in [5.74, 6) is 0.339. The minimum atomic E-state index is -1.50. The van der Waals surface area contributed by atoms with Crippen LogP contribution in [0, 0.1) is 0 Å². The van der Waals surface area contributed by atoms with Gasteiger partial charge in [-0.15, -0.1) is 0 Å². The Bertz CT molecular complexity index is 486. The second kappa shape index (κ2) is 6.85. The highest BCUT2D eigenvalue weighted by Gasteiger charge is 2.22. The van der Waals surface area contributed by atoms with Crippen molar-refractivity contribution in [3.63, 3.8) is 0 Å². The second-order valence-electron chi connectivity index (χ2n) is 5.36. The number of pyridine rings is 1. The summed E-state index contributed by atoms with van der Waals surface area (Å²) in [7, 11) is 2.10. The summed E-state index contributed by atoms with van der Waals surface area (Å²) in [5, 5.41) is 0. The maximum absolute atomic E-state index is 13.3. The molecule has 1 fully saturated rings. The SMILES string of the molecule is CCN(C(=O)C(C)F)c1ccnc(N2CCN(C)CC2)c1. The van der Waals surface area contributed by atoms with Crippen LogP contribution in [0.1, 0.15) is 13.8 Å². The Balaban J connectivity index is 2.18. The Labute approximate surface area is 125 Å².